The summed E-state index contributed by atoms with van der Waals surface area (Å²) in [6.07, 6.45) is 3.73. The number of nitrogens with one attached hydrogen (secondary N) is 1. The average Bonchev–Trinajstić information content (AvgIpc) is 2.27. The van der Waals surface area contributed by atoms with Crippen molar-refractivity contribution in [1.29, 1.82) is 0 Å². The van der Waals surface area contributed by atoms with Gasteiger partial charge in [-0.15, -0.1) is 0 Å². The highest BCUT2D eigenvalue weighted by atomic mass is 32.2. The van der Waals surface area contributed by atoms with E-state index in [-0.39, 0.29) is 0 Å². The second kappa shape index (κ2) is 7.67. The quantitative estimate of drug-likeness (QED) is 0.460. The van der Waals surface area contributed by atoms with Gasteiger partial charge in [0.2, 0.25) is 0 Å². The Morgan fingerprint density at radius 2 is 1.88 bits per heavy atom. The van der Waals surface area contributed by atoms with Crippen LogP contribution in [0, 0.1) is 13.8 Å². The van der Waals surface area contributed by atoms with E-state index >= 15 is 0 Å². The van der Waals surface area contributed by atoms with Crippen LogP contribution in [0.15, 0.2) is 11.2 Å². The number of hydrogen-bond acceptors (Lipinski definition) is 4. The van der Waals surface area contributed by atoms with Crippen molar-refractivity contribution in [1.82, 2.24) is 15.3 Å². The van der Waals surface area contributed by atoms with Gasteiger partial charge >= 0.3 is 0 Å². The minimum atomic E-state index is 0.623. The van der Waals surface area contributed by atoms with Gasteiger partial charge in [-0.05, 0) is 46.7 Å². The van der Waals surface area contributed by atoms with E-state index in [4.69, 9.17) is 0 Å². The molecule has 1 aromatic heterocycles. The molecule has 0 fully saturated rings. The zero-order valence-electron chi connectivity index (χ0n) is 11.3. The number of aromatic nitrogens is 2. The second-order valence-corrected chi connectivity index (χ2v) is 5.53. The molecule has 1 heterocycles. The minimum Gasteiger partial charge on any atom is -0.317 e. The Morgan fingerprint density at radius 1 is 1.24 bits per heavy atom. The monoisotopic (exact) mass is 253 g/mol. The fraction of sp³-hybridized carbons (Fsp3) is 0.692. The highest BCUT2D eigenvalue weighted by Crippen LogP contribution is 2.16. The first-order valence-corrected chi connectivity index (χ1v) is 7.22. The van der Waals surface area contributed by atoms with Crippen molar-refractivity contribution in [2.45, 2.75) is 51.2 Å². The Hall–Kier alpha value is -0.610. The highest BCUT2D eigenvalue weighted by Gasteiger charge is 2.01. The predicted molar refractivity (Wildman–Crippen MR) is 74.6 cm³/mol. The van der Waals surface area contributed by atoms with Crippen LogP contribution < -0.4 is 5.32 Å². The maximum Gasteiger partial charge on any atom is 0.187 e. The molecule has 17 heavy (non-hydrogen) atoms. The van der Waals surface area contributed by atoms with Gasteiger partial charge in [0.1, 0.15) is 0 Å². The zero-order chi connectivity index (χ0) is 12.7. The van der Waals surface area contributed by atoms with Crippen LogP contribution in [0.25, 0.3) is 0 Å². The Bertz CT molecular complexity index is 321. The van der Waals surface area contributed by atoms with Crippen LogP contribution >= 0.6 is 11.8 Å². The maximum atomic E-state index is 4.42. The van der Waals surface area contributed by atoms with E-state index in [1.807, 2.05) is 27.0 Å². The standard InChI is InChI=1S/C13H23N3S/c1-10(14-4)7-5-6-8-17-13-15-11(2)9-12(3)16-13/h9-10,14H,5-8H2,1-4H3. The molecule has 0 spiro atoms. The molecule has 1 unspecified atom stereocenters. The molecule has 96 valence electrons. The minimum absolute atomic E-state index is 0.623. The molecule has 0 saturated heterocycles. The number of nitrogens with zero attached hydrogens (tertiary/aromatic N) is 2. The third-order valence-electron chi connectivity index (χ3n) is 2.72. The largest absolute Gasteiger partial charge is 0.317 e. The van der Waals surface area contributed by atoms with E-state index in [1.165, 1.54) is 19.3 Å². The first kappa shape index (κ1) is 14.5. The smallest absolute Gasteiger partial charge is 0.187 e. The molecule has 0 radical (unpaired) electrons. The number of hydrogen-bond donors (Lipinski definition) is 1. The average molecular weight is 253 g/mol. The number of rotatable bonds is 7. The first-order chi connectivity index (χ1) is 8.11. The van der Waals surface area contributed by atoms with Crippen molar-refractivity contribution in [2.75, 3.05) is 12.8 Å². The summed E-state index contributed by atoms with van der Waals surface area (Å²) in [6, 6.07) is 2.64. The van der Waals surface area contributed by atoms with E-state index in [9.17, 15) is 0 Å². The van der Waals surface area contributed by atoms with Crippen LogP contribution in [0.4, 0.5) is 0 Å². The fourth-order valence-electron chi connectivity index (χ4n) is 1.62. The zero-order valence-corrected chi connectivity index (χ0v) is 12.1. The molecule has 0 aliphatic carbocycles. The topological polar surface area (TPSA) is 37.8 Å². The molecule has 0 saturated carbocycles. The van der Waals surface area contributed by atoms with Crippen molar-refractivity contribution in [3.05, 3.63) is 17.5 Å². The van der Waals surface area contributed by atoms with Crippen LogP contribution in [0.5, 0.6) is 0 Å². The molecule has 0 aliphatic heterocycles. The van der Waals surface area contributed by atoms with Gasteiger partial charge in [-0.25, -0.2) is 9.97 Å². The van der Waals surface area contributed by atoms with Gasteiger partial charge in [0.15, 0.2) is 5.16 Å². The van der Waals surface area contributed by atoms with Crippen molar-refractivity contribution in [2.24, 2.45) is 0 Å². The lowest BCUT2D eigenvalue weighted by molar-refractivity contribution is 0.538. The highest BCUT2D eigenvalue weighted by molar-refractivity contribution is 7.99. The molecule has 4 heteroatoms. The van der Waals surface area contributed by atoms with Crippen LogP contribution in [-0.2, 0) is 0 Å². The third kappa shape index (κ3) is 6.03. The normalized spacial score (nSPS) is 12.7. The number of aryl methyl sites for hydroxylation is 2. The molecular formula is C13H23N3S. The Labute approximate surface area is 109 Å². The predicted octanol–water partition coefficient (Wildman–Crippen LogP) is 2.96. The molecule has 1 rings (SSSR count). The summed E-state index contributed by atoms with van der Waals surface area (Å²) in [5.74, 6) is 1.11. The third-order valence-corrected chi connectivity index (χ3v) is 3.65. The Balaban J connectivity index is 2.22. The van der Waals surface area contributed by atoms with Crippen molar-refractivity contribution >= 4 is 11.8 Å². The van der Waals surface area contributed by atoms with Crippen LogP contribution in [0.1, 0.15) is 37.6 Å². The summed E-state index contributed by atoms with van der Waals surface area (Å²) in [7, 11) is 2.02. The van der Waals surface area contributed by atoms with Crippen LogP contribution in [0.2, 0.25) is 0 Å². The second-order valence-electron chi connectivity index (χ2n) is 4.47. The number of thioether (sulfide) groups is 1. The van der Waals surface area contributed by atoms with Crippen LogP contribution in [0.3, 0.4) is 0 Å². The van der Waals surface area contributed by atoms with Gasteiger partial charge in [-0.1, -0.05) is 18.2 Å². The van der Waals surface area contributed by atoms with Crippen LogP contribution in [-0.4, -0.2) is 28.8 Å². The maximum absolute atomic E-state index is 4.42. The van der Waals surface area contributed by atoms with E-state index in [1.54, 1.807) is 11.8 Å². The number of unbranched alkanes of at least 4 members (excludes halogenated alkanes) is 1. The molecule has 0 amide bonds. The summed E-state index contributed by atoms with van der Waals surface area (Å²) in [4.78, 5) is 8.84. The van der Waals surface area contributed by atoms with Crippen molar-refractivity contribution < 1.29 is 0 Å². The van der Waals surface area contributed by atoms with Gasteiger partial charge in [0, 0.05) is 23.2 Å². The van der Waals surface area contributed by atoms with Crippen molar-refractivity contribution in [3.63, 3.8) is 0 Å². The van der Waals surface area contributed by atoms with Gasteiger partial charge in [0.05, 0.1) is 0 Å². The fourth-order valence-corrected chi connectivity index (χ4v) is 2.57. The summed E-state index contributed by atoms with van der Waals surface area (Å²) >= 11 is 1.77. The van der Waals surface area contributed by atoms with Crippen molar-refractivity contribution in [3.8, 4) is 0 Å². The summed E-state index contributed by atoms with van der Waals surface area (Å²) in [6.45, 7) is 6.26. The Morgan fingerprint density at radius 3 is 2.47 bits per heavy atom. The van der Waals surface area contributed by atoms with Gasteiger partial charge in [-0.2, -0.15) is 0 Å². The Kier molecular flexibility index (Phi) is 6.52. The molecule has 1 atom stereocenters. The lowest BCUT2D eigenvalue weighted by atomic mass is 10.1. The summed E-state index contributed by atoms with van der Waals surface area (Å²) < 4.78 is 0. The van der Waals surface area contributed by atoms with E-state index < -0.39 is 0 Å². The van der Waals surface area contributed by atoms with Gasteiger partial charge in [-0.3, -0.25) is 0 Å². The molecule has 1 N–H and O–H groups in total. The lowest BCUT2D eigenvalue weighted by Crippen LogP contribution is -2.20. The SMILES string of the molecule is CNC(C)CCCCSc1nc(C)cc(C)n1. The molecule has 0 aliphatic rings. The molecule has 3 nitrogen and oxygen atoms in total. The first-order valence-electron chi connectivity index (χ1n) is 6.24. The molecule has 1 aromatic rings. The van der Waals surface area contributed by atoms with E-state index in [0.717, 1.165) is 22.3 Å². The van der Waals surface area contributed by atoms with Gasteiger partial charge in [0.25, 0.3) is 0 Å². The van der Waals surface area contributed by atoms with E-state index in [2.05, 4.69) is 22.2 Å². The lowest BCUT2D eigenvalue weighted by Gasteiger charge is -2.08. The molecule has 0 aromatic carbocycles. The molecular weight excluding hydrogens is 230 g/mol. The van der Waals surface area contributed by atoms with Gasteiger partial charge < -0.3 is 5.32 Å². The summed E-state index contributed by atoms with van der Waals surface area (Å²) in [5.41, 5.74) is 2.12. The molecule has 0 bridgehead atoms. The summed E-state index contributed by atoms with van der Waals surface area (Å²) in [5, 5.41) is 4.18. The van der Waals surface area contributed by atoms with E-state index in [0.29, 0.717) is 6.04 Å².